The molecule has 1 aromatic carbocycles. The predicted octanol–water partition coefficient (Wildman–Crippen LogP) is 4.89. The zero-order valence-corrected chi connectivity index (χ0v) is 17.5. The molecule has 1 atom stereocenters. The topological polar surface area (TPSA) is 58.6 Å². The zero-order chi connectivity index (χ0) is 19.9. The summed E-state index contributed by atoms with van der Waals surface area (Å²) in [7, 11) is 1.57. The molecule has 0 unspecified atom stereocenters. The summed E-state index contributed by atoms with van der Waals surface area (Å²) in [5, 5.41) is 3.45. The van der Waals surface area contributed by atoms with Crippen molar-refractivity contribution in [2.75, 3.05) is 25.5 Å². The normalized spacial score (nSPS) is 20.2. The second-order valence-electron chi connectivity index (χ2n) is 8.13. The summed E-state index contributed by atoms with van der Waals surface area (Å²) in [6.07, 6.45) is 9.01. The van der Waals surface area contributed by atoms with E-state index in [1.54, 1.807) is 25.3 Å². The number of carbonyl (C=O) groups is 2. The third-order valence-electron chi connectivity index (χ3n) is 6.02. The Morgan fingerprint density at radius 3 is 2.68 bits per heavy atom. The summed E-state index contributed by atoms with van der Waals surface area (Å²) in [5.74, 6) is 1.85. The van der Waals surface area contributed by atoms with Gasteiger partial charge in [0.1, 0.15) is 5.75 Å². The monoisotopic (exact) mass is 406 g/mol. The van der Waals surface area contributed by atoms with Crippen molar-refractivity contribution in [2.24, 2.45) is 11.8 Å². The summed E-state index contributed by atoms with van der Waals surface area (Å²) in [6, 6.07) is 5.17. The van der Waals surface area contributed by atoms with Crippen LogP contribution in [0.2, 0.25) is 5.02 Å². The van der Waals surface area contributed by atoms with E-state index < -0.39 is 0 Å². The van der Waals surface area contributed by atoms with Crippen molar-refractivity contribution in [1.82, 2.24) is 4.90 Å². The van der Waals surface area contributed by atoms with Crippen LogP contribution in [-0.2, 0) is 9.59 Å². The first-order valence-electron chi connectivity index (χ1n) is 10.5. The van der Waals surface area contributed by atoms with Crippen LogP contribution in [0.4, 0.5) is 5.69 Å². The molecule has 28 heavy (non-hydrogen) atoms. The first kappa shape index (κ1) is 21.0. The Bertz CT molecular complexity index is 688. The van der Waals surface area contributed by atoms with Crippen LogP contribution in [0.5, 0.6) is 5.75 Å². The lowest BCUT2D eigenvalue weighted by Gasteiger charge is -2.33. The molecule has 2 amide bonds. The molecular weight excluding hydrogens is 376 g/mol. The van der Waals surface area contributed by atoms with E-state index in [1.807, 2.05) is 4.90 Å². The first-order valence-corrected chi connectivity index (χ1v) is 10.8. The SMILES string of the molecule is COc1ccc(Cl)cc1NC(=O)CC[C@@H]1CCCN(C(=O)CC2CCCC2)C1. The van der Waals surface area contributed by atoms with Gasteiger partial charge in [0, 0.05) is 31.0 Å². The number of benzene rings is 1. The molecule has 6 heteroatoms. The molecule has 1 aromatic rings. The van der Waals surface area contributed by atoms with Gasteiger partial charge in [-0.3, -0.25) is 9.59 Å². The highest BCUT2D eigenvalue weighted by atomic mass is 35.5. The van der Waals surface area contributed by atoms with Crippen molar-refractivity contribution in [3.63, 3.8) is 0 Å². The molecule has 5 nitrogen and oxygen atoms in total. The molecule has 2 fully saturated rings. The van der Waals surface area contributed by atoms with E-state index in [-0.39, 0.29) is 5.91 Å². The molecule has 1 aliphatic heterocycles. The van der Waals surface area contributed by atoms with Crippen LogP contribution >= 0.6 is 11.6 Å². The van der Waals surface area contributed by atoms with E-state index in [0.717, 1.165) is 32.4 Å². The van der Waals surface area contributed by atoms with Gasteiger partial charge >= 0.3 is 0 Å². The molecule has 0 radical (unpaired) electrons. The summed E-state index contributed by atoms with van der Waals surface area (Å²) >= 11 is 6.02. The summed E-state index contributed by atoms with van der Waals surface area (Å²) in [5.41, 5.74) is 0.594. The maximum Gasteiger partial charge on any atom is 0.224 e. The highest BCUT2D eigenvalue weighted by molar-refractivity contribution is 6.31. The summed E-state index contributed by atoms with van der Waals surface area (Å²) < 4.78 is 5.27. The standard InChI is InChI=1S/C22H31ClN2O3/c1-28-20-10-9-18(23)14-19(20)24-21(26)11-8-17-7-4-12-25(15-17)22(27)13-16-5-2-3-6-16/h9-10,14,16-17H,2-8,11-13,15H2,1H3,(H,24,26)/t17-/m0/s1. The zero-order valence-electron chi connectivity index (χ0n) is 16.7. The largest absolute Gasteiger partial charge is 0.495 e. The summed E-state index contributed by atoms with van der Waals surface area (Å²) in [4.78, 5) is 27.0. The van der Waals surface area contributed by atoms with Crippen LogP contribution in [0, 0.1) is 11.8 Å². The van der Waals surface area contributed by atoms with Crippen molar-refractivity contribution in [3.8, 4) is 5.75 Å². The Kier molecular flexibility index (Phi) is 7.60. The van der Waals surface area contributed by atoms with Crippen LogP contribution < -0.4 is 10.1 Å². The number of nitrogens with zero attached hydrogens (tertiary/aromatic N) is 1. The number of hydrogen-bond acceptors (Lipinski definition) is 3. The highest BCUT2D eigenvalue weighted by Gasteiger charge is 2.27. The van der Waals surface area contributed by atoms with Gasteiger partial charge in [-0.2, -0.15) is 0 Å². The summed E-state index contributed by atoms with van der Waals surface area (Å²) in [6.45, 7) is 1.66. The number of amides is 2. The molecule has 1 saturated heterocycles. The first-order chi connectivity index (χ1) is 13.5. The van der Waals surface area contributed by atoms with Crippen LogP contribution in [-0.4, -0.2) is 36.9 Å². The molecule has 0 bridgehead atoms. The number of hydrogen-bond donors (Lipinski definition) is 1. The van der Waals surface area contributed by atoms with Crippen LogP contribution in [0.3, 0.4) is 0 Å². The van der Waals surface area contributed by atoms with Crippen molar-refractivity contribution in [3.05, 3.63) is 23.2 Å². The Morgan fingerprint density at radius 1 is 1.18 bits per heavy atom. The number of carbonyl (C=O) groups excluding carboxylic acids is 2. The number of ether oxygens (including phenoxy) is 1. The maximum atomic E-state index is 12.6. The fourth-order valence-corrected chi connectivity index (χ4v) is 4.62. The van der Waals surface area contributed by atoms with E-state index in [1.165, 1.54) is 25.7 Å². The molecular formula is C22H31ClN2O3. The Hall–Kier alpha value is -1.75. The Morgan fingerprint density at radius 2 is 1.93 bits per heavy atom. The second kappa shape index (κ2) is 10.1. The Labute approximate surface area is 172 Å². The van der Waals surface area contributed by atoms with Crippen molar-refractivity contribution >= 4 is 29.1 Å². The van der Waals surface area contributed by atoms with Crippen molar-refractivity contribution < 1.29 is 14.3 Å². The number of halogens is 1. The number of likely N-dealkylation sites (tertiary alicyclic amines) is 1. The van der Waals surface area contributed by atoms with E-state index in [0.29, 0.717) is 47.0 Å². The fraction of sp³-hybridized carbons (Fsp3) is 0.636. The number of nitrogens with one attached hydrogen (secondary N) is 1. The predicted molar refractivity (Wildman–Crippen MR) is 112 cm³/mol. The lowest BCUT2D eigenvalue weighted by Crippen LogP contribution is -2.40. The molecule has 1 saturated carbocycles. The maximum absolute atomic E-state index is 12.6. The van der Waals surface area contributed by atoms with Gasteiger partial charge in [0.25, 0.3) is 0 Å². The number of anilines is 1. The van der Waals surface area contributed by atoms with Gasteiger partial charge in [0.05, 0.1) is 12.8 Å². The van der Waals surface area contributed by atoms with Crippen molar-refractivity contribution in [1.29, 1.82) is 0 Å². The van der Waals surface area contributed by atoms with Gasteiger partial charge in [0.2, 0.25) is 11.8 Å². The highest BCUT2D eigenvalue weighted by Crippen LogP contribution is 2.30. The number of methoxy groups -OCH3 is 1. The molecule has 154 valence electrons. The van der Waals surface area contributed by atoms with Gasteiger partial charge < -0.3 is 15.0 Å². The van der Waals surface area contributed by atoms with E-state index in [4.69, 9.17) is 16.3 Å². The van der Waals surface area contributed by atoms with Crippen LogP contribution in [0.1, 0.15) is 57.8 Å². The number of piperidine rings is 1. The molecule has 1 aliphatic carbocycles. The lowest BCUT2D eigenvalue weighted by atomic mass is 9.92. The third-order valence-corrected chi connectivity index (χ3v) is 6.26. The fourth-order valence-electron chi connectivity index (χ4n) is 4.44. The van der Waals surface area contributed by atoms with Gasteiger partial charge in [0.15, 0.2) is 0 Å². The van der Waals surface area contributed by atoms with Gasteiger partial charge in [-0.15, -0.1) is 0 Å². The van der Waals surface area contributed by atoms with Crippen molar-refractivity contribution in [2.45, 2.75) is 57.8 Å². The molecule has 3 rings (SSSR count). The van der Waals surface area contributed by atoms with E-state index in [2.05, 4.69) is 5.32 Å². The lowest BCUT2D eigenvalue weighted by molar-refractivity contribution is -0.134. The minimum Gasteiger partial charge on any atom is -0.495 e. The number of rotatable bonds is 7. The molecule has 0 spiro atoms. The van der Waals surface area contributed by atoms with E-state index in [9.17, 15) is 9.59 Å². The van der Waals surface area contributed by atoms with Crippen LogP contribution in [0.15, 0.2) is 18.2 Å². The molecule has 0 aromatic heterocycles. The molecule has 1 heterocycles. The smallest absolute Gasteiger partial charge is 0.224 e. The second-order valence-corrected chi connectivity index (χ2v) is 8.57. The Balaban J connectivity index is 1.45. The van der Waals surface area contributed by atoms with Gasteiger partial charge in [-0.25, -0.2) is 0 Å². The van der Waals surface area contributed by atoms with E-state index >= 15 is 0 Å². The van der Waals surface area contributed by atoms with Gasteiger partial charge in [-0.1, -0.05) is 24.4 Å². The van der Waals surface area contributed by atoms with Crippen LogP contribution in [0.25, 0.3) is 0 Å². The van der Waals surface area contributed by atoms with Gasteiger partial charge in [-0.05, 0) is 62.1 Å². The minimum absolute atomic E-state index is 0.0463. The molecule has 2 aliphatic rings. The average molecular weight is 407 g/mol. The quantitative estimate of drug-likeness (QED) is 0.701. The molecule has 1 N–H and O–H groups in total. The third kappa shape index (κ3) is 5.87. The minimum atomic E-state index is -0.0463. The average Bonchev–Trinajstić information content (AvgIpc) is 3.20.